The minimum atomic E-state index is -3.70. The largest absolute Gasteiger partial charge is 0.393 e. The van der Waals surface area contributed by atoms with E-state index in [2.05, 4.69) is 32.6 Å². The van der Waals surface area contributed by atoms with E-state index in [9.17, 15) is 19.6 Å². The van der Waals surface area contributed by atoms with Gasteiger partial charge in [0.25, 0.3) is 0 Å². The molecule has 0 aromatic heterocycles. The number of hydrogen-bond donors (Lipinski definition) is 2. The Hall–Kier alpha value is -1.30. The molecule has 7 heteroatoms. The molecule has 0 aromatic carbocycles. The van der Waals surface area contributed by atoms with Gasteiger partial charge in [0, 0.05) is 6.42 Å². The molecule has 0 radical (unpaired) electrons. The lowest BCUT2D eigenvalue weighted by atomic mass is 9.61. The maximum absolute atomic E-state index is 13.8. The number of fused-ring (bicyclic) bond motifs is 1. The van der Waals surface area contributed by atoms with Gasteiger partial charge in [-0.1, -0.05) is 44.2 Å². The van der Waals surface area contributed by atoms with Crippen LogP contribution in [0.5, 0.6) is 0 Å². The number of carbonyl (C=O) groups excluding carboxylic acids is 1. The van der Waals surface area contributed by atoms with Gasteiger partial charge < -0.3 is 19.3 Å². The Morgan fingerprint density at radius 1 is 1.10 bits per heavy atom. The summed E-state index contributed by atoms with van der Waals surface area (Å²) in [6, 6.07) is 0. The zero-order chi connectivity index (χ0) is 30.0. The summed E-state index contributed by atoms with van der Waals surface area (Å²) in [6.07, 6.45) is 12.5. The van der Waals surface area contributed by atoms with Crippen LogP contribution in [0.4, 0.5) is 0 Å². The monoisotopic (exact) mass is 576 g/mol. The Morgan fingerprint density at radius 3 is 2.33 bits per heavy atom. The van der Waals surface area contributed by atoms with E-state index in [0.717, 1.165) is 43.3 Å². The van der Waals surface area contributed by atoms with Crippen LogP contribution in [0.3, 0.4) is 0 Å². The van der Waals surface area contributed by atoms with Crippen molar-refractivity contribution < 1.29 is 28.6 Å². The fourth-order valence-corrected chi connectivity index (χ4v) is 9.20. The summed E-state index contributed by atoms with van der Waals surface area (Å²) in [5.41, 5.74) is 3.23. The lowest BCUT2D eigenvalue weighted by Gasteiger charge is -2.44. The van der Waals surface area contributed by atoms with Crippen LogP contribution in [0.1, 0.15) is 100 Å². The molecule has 2 N–H and O–H groups in total. The highest BCUT2D eigenvalue weighted by Gasteiger charge is 2.51. The van der Waals surface area contributed by atoms with E-state index in [1.54, 1.807) is 47.6 Å². The first kappa shape index (κ1) is 33.2. The number of aliphatic hydroxyl groups is 2. The van der Waals surface area contributed by atoms with Crippen molar-refractivity contribution in [1.82, 2.24) is 0 Å². The number of allylic oxidation sites excluding steroid dienone is 5. The first-order valence-electron chi connectivity index (χ1n) is 15.2. The molecule has 0 bridgehead atoms. The third-order valence-electron chi connectivity index (χ3n) is 9.47. The molecule has 3 aliphatic rings. The highest BCUT2D eigenvalue weighted by molar-refractivity contribution is 7.56. The molecule has 6 atom stereocenters. The zero-order valence-corrected chi connectivity index (χ0v) is 26.9. The Kier molecular flexibility index (Phi) is 10.7. The van der Waals surface area contributed by atoms with Gasteiger partial charge in [-0.15, -0.1) is 0 Å². The smallest absolute Gasteiger partial charge is 0.344 e. The molecule has 3 saturated carbocycles. The fraction of sp³-hybridized carbons (Fsp3) is 0.727. The number of ketones is 1. The number of rotatable bonds is 10. The second-order valence-electron chi connectivity index (χ2n) is 13.6. The molecule has 3 rings (SSSR count). The predicted octanol–water partition coefficient (Wildman–Crippen LogP) is 7.71. The summed E-state index contributed by atoms with van der Waals surface area (Å²) in [4.78, 5) is 13.4. The number of hydrogen-bond acceptors (Lipinski definition) is 6. The minimum absolute atomic E-state index is 0.129. The van der Waals surface area contributed by atoms with Crippen LogP contribution >= 0.6 is 7.60 Å². The first-order chi connectivity index (χ1) is 18.5. The van der Waals surface area contributed by atoms with Gasteiger partial charge in [-0.25, -0.2) is 0 Å². The number of aliphatic hydroxyl groups excluding tert-OH is 2. The molecule has 0 heterocycles. The van der Waals surface area contributed by atoms with Crippen molar-refractivity contribution in [3.05, 3.63) is 47.6 Å². The van der Waals surface area contributed by atoms with E-state index in [-0.39, 0.29) is 29.3 Å². The second-order valence-corrected chi connectivity index (χ2v) is 16.1. The molecule has 0 aromatic rings. The van der Waals surface area contributed by atoms with E-state index >= 15 is 0 Å². The van der Waals surface area contributed by atoms with Gasteiger partial charge in [0.15, 0.2) is 5.78 Å². The van der Waals surface area contributed by atoms with Gasteiger partial charge in [0.1, 0.15) is 5.16 Å². The average Bonchev–Trinajstić information content (AvgIpc) is 3.20. The molecule has 0 spiro atoms. The van der Waals surface area contributed by atoms with Gasteiger partial charge in [0.2, 0.25) is 0 Å². The zero-order valence-electron chi connectivity index (χ0n) is 26.0. The van der Waals surface area contributed by atoms with Crippen LogP contribution in [-0.4, -0.2) is 45.6 Å². The summed E-state index contributed by atoms with van der Waals surface area (Å²) in [6.45, 7) is 19.2. The molecule has 40 heavy (non-hydrogen) atoms. The predicted molar refractivity (Wildman–Crippen MR) is 162 cm³/mol. The third-order valence-corrected chi connectivity index (χ3v) is 12.5. The van der Waals surface area contributed by atoms with Gasteiger partial charge in [0.05, 0.1) is 24.4 Å². The van der Waals surface area contributed by atoms with Crippen molar-refractivity contribution in [2.45, 2.75) is 130 Å². The molecule has 6 nitrogen and oxygen atoms in total. The first-order valence-corrected chi connectivity index (χ1v) is 16.7. The Bertz CT molecular complexity index is 1070. The van der Waals surface area contributed by atoms with Crippen LogP contribution < -0.4 is 0 Å². The highest BCUT2D eigenvalue weighted by Crippen LogP contribution is 2.62. The number of carbonyl (C=O) groups is 1. The third kappa shape index (κ3) is 7.01. The van der Waals surface area contributed by atoms with Crippen molar-refractivity contribution in [3.63, 3.8) is 0 Å². The van der Waals surface area contributed by atoms with E-state index in [1.807, 2.05) is 6.08 Å². The lowest BCUT2D eigenvalue weighted by Crippen LogP contribution is -2.36. The van der Waals surface area contributed by atoms with E-state index in [1.165, 1.54) is 5.57 Å². The summed E-state index contributed by atoms with van der Waals surface area (Å²) >= 11 is 0. The summed E-state index contributed by atoms with van der Waals surface area (Å²) in [5, 5.41) is 19.1. The van der Waals surface area contributed by atoms with Gasteiger partial charge in [-0.2, -0.15) is 0 Å². The lowest BCUT2D eigenvalue weighted by molar-refractivity contribution is -0.117. The van der Waals surface area contributed by atoms with Gasteiger partial charge >= 0.3 is 7.60 Å². The molecular weight excluding hydrogens is 523 g/mol. The van der Waals surface area contributed by atoms with Crippen molar-refractivity contribution >= 4 is 13.4 Å². The molecule has 0 saturated heterocycles. The second kappa shape index (κ2) is 12.9. The van der Waals surface area contributed by atoms with Crippen molar-refractivity contribution in [1.29, 1.82) is 0 Å². The van der Waals surface area contributed by atoms with Crippen LogP contribution in [0.15, 0.2) is 47.6 Å². The van der Waals surface area contributed by atoms with Crippen molar-refractivity contribution in [2.75, 3.05) is 0 Å². The Balaban J connectivity index is 1.77. The Morgan fingerprint density at radius 2 is 1.73 bits per heavy atom. The molecule has 3 aliphatic carbocycles. The van der Waals surface area contributed by atoms with E-state index in [4.69, 9.17) is 9.05 Å². The molecule has 0 aliphatic heterocycles. The normalized spacial score (nSPS) is 33.0. The van der Waals surface area contributed by atoms with Crippen LogP contribution in [-0.2, 0) is 18.4 Å². The maximum Gasteiger partial charge on any atom is 0.344 e. The quantitative estimate of drug-likeness (QED) is 0.204. The van der Waals surface area contributed by atoms with Gasteiger partial charge in [-0.05, 0) is 120 Å². The Labute approximate surface area is 242 Å². The maximum atomic E-state index is 13.8. The van der Waals surface area contributed by atoms with Crippen LogP contribution in [0.25, 0.3) is 0 Å². The molecular formula is C33H53O6P. The molecule has 3 fully saturated rings. The van der Waals surface area contributed by atoms with E-state index < -0.39 is 25.0 Å². The van der Waals surface area contributed by atoms with Crippen LogP contribution in [0, 0.1) is 23.2 Å². The topological polar surface area (TPSA) is 93.1 Å². The van der Waals surface area contributed by atoms with Crippen molar-refractivity contribution in [2.24, 2.45) is 23.2 Å². The SMILES string of the molecule is C=C1/C(=C\C=C2/CCC[C@@]3(C)C2CC[C@@H]3[C@H](C)/C=C/C(=O)C(C)(C)P(=O)(OC(C)C)OC(C)C)C[C@@H](O)C[C@@H]1O. The molecule has 226 valence electrons. The summed E-state index contributed by atoms with van der Waals surface area (Å²) in [7, 11) is -3.70. The van der Waals surface area contributed by atoms with Crippen LogP contribution in [0.2, 0.25) is 0 Å². The fourth-order valence-electron chi connectivity index (χ4n) is 7.16. The van der Waals surface area contributed by atoms with Gasteiger partial charge in [-0.3, -0.25) is 9.36 Å². The average molecular weight is 577 g/mol. The molecule has 0 amide bonds. The highest BCUT2D eigenvalue weighted by atomic mass is 31.2. The molecule has 1 unspecified atom stereocenters. The van der Waals surface area contributed by atoms with E-state index in [0.29, 0.717) is 24.7 Å². The summed E-state index contributed by atoms with van der Waals surface area (Å²) in [5.74, 6) is 0.848. The standard InChI is InChI=1S/C33H53O6P/c1-21(2)38-40(37,39-22(3)4)32(7,8)31(36)17-12-23(5)28-15-16-29-25(11-10-18-33(28,29)9)13-14-26-19-27(34)20-30(35)24(26)6/h12-14,17,21-23,27-30,34-35H,6,10-11,15-16,18-20H2,1-5,7-9H3/b17-12+,25-13+,26-14-/t23-,27-,28-,29?,30+,33-/m1/s1. The minimum Gasteiger partial charge on any atom is -0.393 e. The van der Waals surface area contributed by atoms with Crippen molar-refractivity contribution in [3.8, 4) is 0 Å². The summed E-state index contributed by atoms with van der Waals surface area (Å²) < 4.78 is 25.3.